The van der Waals surface area contributed by atoms with Crippen molar-refractivity contribution in [2.24, 2.45) is 15.9 Å². The van der Waals surface area contributed by atoms with Crippen LogP contribution in [0.15, 0.2) is 29.4 Å². The van der Waals surface area contributed by atoms with E-state index in [-0.39, 0.29) is 13.0 Å². The Morgan fingerprint density at radius 2 is 1.50 bits per heavy atom. The molecule has 1 fully saturated rings. The highest BCUT2D eigenvalue weighted by molar-refractivity contribution is 6.07. The lowest BCUT2D eigenvalue weighted by Crippen LogP contribution is -2.70. The minimum atomic E-state index is -2.18. The Hall–Kier alpha value is -3.79. The van der Waals surface area contributed by atoms with Gasteiger partial charge in [-0.1, -0.05) is 23.3 Å². The summed E-state index contributed by atoms with van der Waals surface area (Å²) in [6.45, 7) is -0.277. The molecule has 0 unspecified atom stereocenters. The summed E-state index contributed by atoms with van der Waals surface area (Å²) in [6.07, 6.45) is -0.875. The highest BCUT2D eigenvalue weighted by Crippen LogP contribution is 2.63. The lowest BCUT2D eigenvalue weighted by Gasteiger charge is -2.54. The number of para-hydroxylation sites is 1. The molecule has 12 heteroatoms. The number of methoxy groups -OCH3 is 4. The first-order valence-electron chi connectivity index (χ1n) is 10.3. The summed E-state index contributed by atoms with van der Waals surface area (Å²) >= 11 is 0. The topological polar surface area (TPSA) is 157 Å². The molecule has 1 heterocycles. The van der Waals surface area contributed by atoms with E-state index in [1.807, 2.05) is 0 Å². The van der Waals surface area contributed by atoms with Gasteiger partial charge in [0.2, 0.25) is 0 Å². The number of likely N-dealkylation sites (N-methyl/N-ethyl adjacent to an activating group) is 1. The summed E-state index contributed by atoms with van der Waals surface area (Å²) in [7, 11) is 6.04. The third-order valence-corrected chi connectivity index (χ3v) is 7.06. The fraction of sp³-hybridized carbons (Fsp3) is 0.545. The Kier molecular flexibility index (Phi) is 6.48. The normalized spacial score (nSPS) is 23.4. The molecule has 182 valence electrons. The van der Waals surface area contributed by atoms with Crippen LogP contribution < -0.4 is 4.90 Å². The maximum atomic E-state index is 13.5. The van der Waals surface area contributed by atoms with E-state index in [0.717, 1.165) is 28.4 Å². The number of benzene rings is 1. The van der Waals surface area contributed by atoms with E-state index in [4.69, 9.17) is 18.9 Å². The molecular weight excluding hydrogens is 448 g/mol. The van der Waals surface area contributed by atoms with Crippen LogP contribution in [0.1, 0.15) is 18.4 Å². The van der Waals surface area contributed by atoms with Gasteiger partial charge in [-0.05, 0) is 23.6 Å². The number of ether oxygens (including phenoxy) is 4. The van der Waals surface area contributed by atoms with Gasteiger partial charge >= 0.3 is 23.9 Å². The highest BCUT2D eigenvalue weighted by Gasteiger charge is 2.76. The molecular formula is C22H26N4O8. The summed E-state index contributed by atoms with van der Waals surface area (Å²) in [5, 5.41) is 3.78. The molecule has 0 bridgehead atoms. The lowest BCUT2D eigenvalue weighted by molar-refractivity contribution is -0.191. The monoisotopic (exact) mass is 474 g/mol. The van der Waals surface area contributed by atoms with Gasteiger partial charge in [0.25, 0.3) is 0 Å². The fourth-order valence-corrected chi connectivity index (χ4v) is 5.99. The van der Waals surface area contributed by atoms with Crippen molar-refractivity contribution in [1.82, 2.24) is 0 Å². The van der Waals surface area contributed by atoms with Gasteiger partial charge in [-0.2, -0.15) is 0 Å². The van der Waals surface area contributed by atoms with Gasteiger partial charge in [0.1, 0.15) is 0 Å². The fourth-order valence-electron chi connectivity index (χ4n) is 5.99. The molecule has 3 rings (SSSR count). The van der Waals surface area contributed by atoms with Crippen molar-refractivity contribution in [3.05, 3.63) is 40.3 Å². The number of fused-ring (bicyclic) bond motifs is 3. The summed E-state index contributed by atoms with van der Waals surface area (Å²) < 4.78 is 20.1. The van der Waals surface area contributed by atoms with Gasteiger partial charge in [-0.15, -0.1) is 0 Å². The van der Waals surface area contributed by atoms with Gasteiger partial charge < -0.3 is 23.8 Å². The lowest BCUT2D eigenvalue weighted by atomic mass is 9.49. The Bertz CT molecular complexity index is 1050. The van der Waals surface area contributed by atoms with Gasteiger partial charge in [0.05, 0.1) is 34.5 Å². The molecule has 0 N–H and O–H groups in total. The van der Waals surface area contributed by atoms with Crippen LogP contribution in [0.4, 0.5) is 5.69 Å². The van der Waals surface area contributed by atoms with E-state index in [0.29, 0.717) is 11.3 Å². The third-order valence-electron chi connectivity index (χ3n) is 7.06. The standard InChI is InChI=1S/C22H26N4O8/c1-26-14-9-7-6-8-13(14)21(12-24-25-23)10-20(16(27)31-2,17(28)32-3)11-22(15(21)26,18(29)33-4)19(30)34-5/h6-9,15H,10-12H2,1-5H3/t15-,21-/m1/s1. The van der Waals surface area contributed by atoms with Crippen molar-refractivity contribution >= 4 is 29.6 Å². The zero-order chi connectivity index (χ0) is 25.3. The molecule has 1 aliphatic heterocycles. The first kappa shape index (κ1) is 24.8. The van der Waals surface area contributed by atoms with Crippen LogP contribution in [0.25, 0.3) is 10.4 Å². The molecule has 2 atom stereocenters. The van der Waals surface area contributed by atoms with E-state index < -0.39 is 52.6 Å². The van der Waals surface area contributed by atoms with Crippen molar-refractivity contribution in [1.29, 1.82) is 0 Å². The number of carbonyl (C=O) groups excluding carboxylic acids is 4. The van der Waals surface area contributed by atoms with Crippen molar-refractivity contribution in [3.63, 3.8) is 0 Å². The van der Waals surface area contributed by atoms with E-state index in [1.165, 1.54) is 0 Å². The van der Waals surface area contributed by atoms with Crippen molar-refractivity contribution < 1.29 is 38.1 Å². The number of rotatable bonds is 6. The number of hydrogen-bond acceptors (Lipinski definition) is 10. The quantitative estimate of drug-likeness (QED) is 0.149. The summed E-state index contributed by atoms with van der Waals surface area (Å²) in [6, 6.07) is 5.98. The van der Waals surface area contributed by atoms with Gasteiger partial charge in [-0.25, -0.2) is 0 Å². The molecule has 0 amide bonds. The molecule has 0 radical (unpaired) electrons. The van der Waals surface area contributed by atoms with Gasteiger partial charge in [-0.3, -0.25) is 19.2 Å². The summed E-state index contributed by atoms with van der Waals surface area (Å²) in [5.74, 6) is -4.01. The zero-order valence-corrected chi connectivity index (χ0v) is 19.6. The second-order valence-corrected chi connectivity index (χ2v) is 8.45. The Labute approximate surface area is 195 Å². The predicted molar refractivity (Wildman–Crippen MR) is 116 cm³/mol. The molecule has 1 aromatic rings. The Balaban J connectivity index is 2.52. The Morgan fingerprint density at radius 3 is 2.00 bits per heavy atom. The van der Waals surface area contributed by atoms with Crippen molar-refractivity contribution in [3.8, 4) is 0 Å². The van der Waals surface area contributed by atoms with Crippen LogP contribution in [0.2, 0.25) is 0 Å². The van der Waals surface area contributed by atoms with E-state index in [2.05, 4.69) is 10.0 Å². The first-order valence-corrected chi connectivity index (χ1v) is 10.3. The second kappa shape index (κ2) is 8.86. The number of hydrogen-bond donors (Lipinski definition) is 0. The molecule has 0 aromatic heterocycles. The second-order valence-electron chi connectivity index (χ2n) is 8.45. The number of azide groups is 1. The molecule has 1 aromatic carbocycles. The largest absolute Gasteiger partial charge is 0.468 e. The number of carbonyl (C=O) groups is 4. The van der Waals surface area contributed by atoms with E-state index >= 15 is 0 Å². The van der Waals surface area contributed by atoms with Crippen molar-refractivity contribution in [2.45, 2.75) is 24.3 Å². The van der Waals surface area contributed by atoms with Crippen LogP contribution in [-0.4, -0.2) is 72.0 Å². The Morgan fingerprint density at radius 1 is 0.971 bits per heavy atom. The maximum Gasteiger partial charge on any atom is 0.325 e. The molecule has 1 aliphatic carbocycles. The van der Waals surface area contributed by atoms with Crippen LogP contribution in [-0.2, 0) is 43.5 Å². The summed E-state index contributed by atoms with van der Waals surface area (Å²) in [5.41, 5.74) is 4.76. The molecule has 0 saturated heterocycles. The summed E-state index contributed by atoms with van der Waals surface area (Å²) in [4.78, 5) is 58.1. The minimum Gasteiger partial charge on any atom is -0.468 e. The van der Waals surface area contributed by atoms with E-state index in [9.17, 15) is 24.7 Å². The van der Waals surface area contributed by atoms with Crippen LogP contribution >= 0.6 is 0 Å². The average Bonchev–Trinajstić information content (AvgIpc) is 3.13. The highest BCUT2D eigenvalue weighted by atomic mass is 16.6. The number of anilines is 1. The maximum absolute atomic E-state index is 13.5. The zero-order valence-electron chi connectivity index (χ0n) is 19.6. The first-order chi connectivity index (χ1) is 16.2. The minimum absolute atomic E-state index is 0.250. The SMILES string of the molecule is COC(=O)C1(C(=O)OC)CC(C(=O)OC)(C(=O)OC)[C@@H]2N(C)c3ccccc3[C@]2(CN=[N+]=[N-])C1. The number of esters is 4. The predicted octanol–water partition coefficient (Wildman–Crippen LogP) is 1.51. The van der Waals surface area contributed by atoms with Crippen molar-refractivity contribution in [2.75, 3.05) is 46.9 Å². The average molecular weight is 474 g/mol. The van der Waals surface area contributed by atoms with E-state index in [1.54, 1.807) is 36.2 Å². The number of nitrogens with zero attached hydrogens (tertiary/aromatic N) is 4. The van der Waals surface area contributed by atoms with Crippen LogP contribution in [0.5, 0.6) is 0 Å². The molecule has 34 heavy (non-hydrogen) atoms. The van der Waals surface area contributed by atoms with Gasteiger partial charge in [0.15, 0.2) is 10.8 Å². The molecule has 2 aliphatic rings. The molecule has 0 spiro atoms. The van der Waals surface area contributed by atoms with Crippen LogP contribution in [0.3, 0.4) is 0 Å². The van der Waals surface area contributed by atoms with Gasteiger partial charge in [0, 0.05) is 36.0 Å². The smallest absolute Gasteiger partial charge is 0.325 e. The van der Waals surface area contributed by atoms with Crippen LogP contribution in [0, 0.1) is 10.8 Å². The molecule has 12 nitrogen and oxygen atoms in total. The third kappa shape index (κ3) is 3.09. The molecule has 1 saturated carbocycles.